The van der Waals surface area contributed by atoms with Crippen molar-refractivity contribution in [2.45, 2.75) is 6.54 Å². The van der Waals surface area contributed by atoms with Crippen LogP contribution < -0.4 is 5.56 Å². The van der Waals surface area contributed by atoms with Crippen LogP contribution in [0.1, 0.15) is 5.56 Å². The number of hydrogen-bond donors (Lipinski definition) is 0. The molecule has 0 amide bonds. The van der Waals surface area contributed by atoms with Crippen LogP contribution in [0.5, 0.6) is 0 Å². The summed E-state index contributed by atoms with van der Waals surface area (Å²) in [5.74, 6) is -0.227. The van der Waals surface area contributed by atoms with E-state index in [4.69, 9.17) is 4.98 Å². The fourth-order valence-electron chi connectivity index (χ4n) is 3.61. The minimum atomic E-state index is -0.355. The highest BCUT2D eigenvalue weighted by atomic mass is 19.1. The van der Waals surface area contributed by atoms with Crippen LogP contribution in [0, 0.1) is 11.6 Å². The van der Waals surface area contributed by atoms with Gasteiger partial charge in [-0.05, 0) is 54.1 Å². The van der Waals surface area contributed by atoms with Crippen molar-refractivity contribution in [3.05, 3.63) is 106 Å². The van der Waals surface area contributed by atoms with E-state index >= 15 is 0 Å². The molecule has 6 heteroatoms. The van der Waals surface area contributed by atoms with Crippen LogP contribution in [0.3, 0.4) is 0 Å². The van der Waals surface area contributed by atoms with Crippen LogP contribution in [-0.2, 0) is 6.54 Å². The number of halogens is 2. The molecule has 2 aromatic heterocycles. The largest absolute Gasteiger partial charge is 0.305 e. The fraction of sp³-hybridized carbons (Fsp3) is 0.0435. The van der Waals surface area contributed by atoms with Gasteiger partial charge in [0.15, 0.2) is 0 Å². The van der Waals surface area contributed by atoms with E-state index in [1.54, 1.807) is 22.6 Å². The molecule has 0 atom stereocenters. The van der Waals surface area contributed by atoms with Gasteiger partial charge in [0.05, 0.1) is 23.3 Å². The third-order valence-electron chi connectivity index (χ3n) is 4.93. The molecule has 0 fully saturated rings. The number of benzene rings is 3. The summed E-state index contributed by atoms with van der Waals surface area (Å²) in [4.78, 5) is 17.7. The van der Waals surface area contributed by atoms with Crippen molar-refractivity contribution in [3.8, 4) is 11.3 Å². The Hall–Kier alpha value is -3.80. The zero-order chi connectivity index (χ0) is 20.0. The molecule has 29 heavy (non-hydrogen) atoms. The predicted molar refractivity (Wildman–Crippen MR) is 108 cm³/mol. The lowest BCUT2D eigenvalue weighted by Crippen LogP contribution is -2.14. The van der Waals surface area contributed by atoms with E-state index in [1.165, 1.54) is 30.3 Å². The first kappa shape index (κ1) is 17.3. The summed E-state index contributed by atoms with van der Waals surface area (Å²) in [5.41, 5.74) is 3.17. The molecular formula is C23H15F2N3O. The molecule has 0 unspecified atom stereocenters. The zero-order valence-corrected chi connectivity index (χ0v) is 15.2. The molecule has 0 saturated carbocycles. The number of hydrogen-bond acceptors (Lipinski definition) is 2. The molecular weight excluding hydrogens is 372 g/mol. The summed E-state index contributed by atoms with van der Waals surface area (Å²) in [6.07, 6.45) is 0. The molecule has 4 nitrogen and oxygen atoms in total. The van der Waals surface area contributed by atoms with Gasteiger partial charge in [-0.2, -0.15) is 0 Å². The maximum absolute atomic E-state index is 13.7. The van der Waals surface area contributed by atoms with Gasteiger partial charge in [-0.15, -0.1) is 0 Å². The lowest BCUT2D eigenvalue weighted by molar-refractivity contribution is 0.624. The summed E-state index contributed by atoms with van der Waals surface area (Å²) in [7, 11) is 0. The third kappa shape index (κ3) is 2.99. The van der Waals surface area contributed by atoms with Gasteiger partial charge in [-0.3, -0.25) is 4.79 Å². The Bertz CT molecular complexity index is 1420. The molecule has 0 aliphatic carbocycles. The van der Waals surface area contributed by atoms with Crippen LogP contribution in [-0.4, -0.2) is 14.0 Å². The van der Waals surface area contributed by atoms with Gasteiger partial charge in [-0.1, -0.05) is 24.3 Å². The van der Waals surface area contributed by atoms with Gasteiger partial charge in [-0.25, -0.2) is 18.2 Å². The highest BCUT2D eigenvalue weighted by Crippen LogP contribution is 2.23. The van der Waals surface area contributed by atoms with E-state index in [2.05, 4.69) is 0 Å². The molecule has 0 spiro atoms. The lowest BCUT2D eigenvalue weighted by atomic mass is 10.1. The molecule has 0 bridgehead atoms. The first-order valence-electron chi connectivity index (χ1n) is 9.11. The van der Waals surface area contributed by atoms with Crippen molar-refractivity contribution < 1.29 is 8.78 Å². The second-order valence-electron chi connectivity index (χ2n) is 6.83. The van der Waals surface area contributed by atoms with Gasteiger partial charge in [0.25, 0.3) is 5.56 Å². The monoisotopic (exact) mass is 387 g/mol. The van der Waals surface area contributed by atoms with Crippen molar-refractivity contribution >= 4 is 16.8 Å². The van der Waals surface area contributed by atoms with Gasteiger partial charge >= 0.3 is 0 Å². The third-order valence-corrected chi connectivity index (χ3v) is 4.93. The minimum absolute atomic E-state index is 0.233. The Labute approximate surface area is 164 Å². The Kier molecular flexibility index (Phi) is 3.98. The minimum Gasteiger partial charge on any atom is -0.305 e. The number of rotatable bonds is 3. The first-order chi connectivity index (χ1) is 14.1. The molecule has 0 saturated heterocycles. The smallest absolute Gasteiger partial charge is 0.260 e. The van der Waals surface area contributed by atoms with Crippen molar-refractivity contribution in [2.75, 3.05) is 0 Å². The highest BCUT2D eigenvalue weighted by molar-refractivity contribution is 5.81. The fourth-order valence-corrected chi connectivity index (χ4v) is 3.61. The SMILES string of the molecule is O=c1cc(-c2ccc(F)cc2)nc2n(Cc3cccc(F)c3)c3ccccc3n12. The Morgan fingerprint density at radius 2 is 1.55 bits per heavy atom. The molecule has 0 aliphatic heterocycles. The van der Waals surface area contributed by atoms with E-state index in [1.807, 2.05) is 34.9 Å². The van der Waals surface area contributed by atoms with Gasteiger partial charge < -0.3 is 4.57 Å². The number of para-hydroxylation sites is 2. The van der Waals surface area contributed by atoms with Crippen molar-refractivity contribution in [1.29, 1.82) is 0 Å². The van der Waals surface area contributed by atoms with Gasteiger partial charge in [0.2, 0.25) is 5.78 Å². The van der Waals surface area contributed by atoms with Gasteiger partial charge in [0, 0.05) is 11.6 Å². The van der Waals surface area contributed by atoms with E-state index in [9.17, 15) is 13.6 Å². The number of aromatic nitrogens is 3. The quantitative estimate of drug-likeness (QED) is 0.452. The Morgan fingerprint density at radius 1 is 0.793 bits per heavy atom. The van der Waals surface area contributed by atoms with E-state index in [0.717, 1.165) is 16.6 Å². The Morgan fingerprint density at radius 3 is 2.31 bits per heavy atom. The predicted octanol–water partition coefficient (Wildman–Crippen LogP) is 4.64. The van der Waals surface area contributed by atoms with Crippen LogP contribution in [0.25, 0.3) is 28.1 Å². The van der Waals surface area contributed by atoms with Crippen LogP contribution in [0.15, 0.2) is 83.7 Å². The average molecular weight is 387 g/mol. The van der Waals surface area contributed by atoms with Gasteiger partial charge in [0.1, 0.15) is 11.6 Å². The van der Waals surface area contributed by atoms with Crippen molar-refractivity contribution in [3.63, 3.8) is 0 Å². The molecule has 3 aromatic carbocycles. The molecule has 142 valence electrons. The normalized spacial score (nSPS) is 11.4. The number of nitrogens with zero attached hydrogens (tertiary/aromatic N) is 3. The summed E-state index contributed by atoms with van der Waals surface area (Å²) in [6, 6.07) is 21.1. The Balaban J connectivity index is 1.79. The van der Waals surface area contributed by atoms with Crippen LogP contribution in [0.4, 0.5) is 8.78 Å². The number of fused-ring (bicyclic) bond motifs is 3. The van der Waals surface area contributed by atoms with Crippen molar-refractivity contribution in [2.24, 2.45) is 0 Å². The lowest BCUT2D eigenvalue weighted by Gasteiger charge is -2.08. The second kappa shape index (κ2) is 6.67. The highest BCUT2D eigenvalue weighted by Gasteiger charge is 2.15. The average Bonchev–Trinajstić information content (AvgIpc) is 3.03. The second-order valence-corrected chi connectivity index (χ2v) is 6.83. The summed E-state index contributed by atoms with van der Waals surface area (Å²) < 4.78 is 30.4. The van der Waals surface area contributed by atoms with E-state index < -0.39 is 0 Å². The maximum Gasteiger partial charge on any atom is 0.260 e. The maximum atomic E-state index is 13.7. The van der Waals surface area contributed by atoms with Crippen molar-refractivity contribution in [1.82, 2.24) is 14.0 Å². The summed E-state index contributed by atoms with van der Waals surface area (Å²) >= 11 is 0. The molecule has 0 radical (unpaired) electrons. The zero-order valence-electron chi connectivity index (χ0n) is 15.2. The van der Waals surface area contributed by atoms with Crippen LogP contribution >= 0.6 is 0 Å². The molecule has 5 rings (SSSR count). The number of imidazole rings is 1. The first-order valence-corrected chi connectivity index (χ1v) is 9.11. The molecule has 2 heterocycles. The van der Waals surface area contributed by atoms with Crippen LogP contribution in [0.2, 0.25) is 0 Å². The van der Waals surface area contributed by atoms with E-state index in [-0.39, 0.29) is 17.2 Å². The summed E-state index contributed by atoms with van der Waals surface area (Å²) in [5, 5.41) is 0. The molecule has 5 aromatic rings. The molecule has 0 aliphatic rings. The summed E-state index contributed by atoms with van der Waals surface area (Å²) in [6.45, 7) is 0.355. The topological polar surface area (TPSA) is 39.3 Å². The molecule has 0 N–H and O–H groups in total. The standard InChI is InChI=1S/C23H15F2N3O/c24-17-10-8-16(9-11-17)19-13-22(29)28-21-7-2-1-6-20(21)27(23(28)26-19)14-15-4-3-5-18(25)12-15/h1-13H,14H2. The van der Waals surface area contributed by atoms with E-state index in [0.29, 0.717) is 23.6 Å².